The molecule has 1 aliphatic carbocycles. The van der Waals surface area contributed by atoms with Crippen LogP contribution in [0.4, 0.5) is 0 Å². The predicted octanol–water partition coefficient (Wildman–Crippen LogP) is 3.58. The number of aryl methyl sites for hydroxylation is 1. The molecule has 0 spiro atoms. The number of fused-ring (bicyclic) bond motifs is 1. The van der Waals surface area contributed by atoms with E-state index in [4.69, 9.17) is 0 Å². The van der Waals surface area contributed by atoms with E-state index in [1.165, 1.54) is 19.3 Å². The number of pyridine rings is 1. The summed E-state index contributed by atoms with van der Waals surface area (Å²) in [7, 11) is 0. The molecule has 0 bridgehead atoms. The highest BCUT2D eigenvalue weighted by molar-refractivity contribution is 5.97. The van der Waals surface area contributed by atoms with E-state index in [1.807, 2.05) is 31.3 Å². The average Bonchev–Trinajstić information content (AvgIpc) is 3.40. The molecule has 1 aliphatic rings. The Labute approximate surface area is 176 Å². The number of nitrogens with zero attached hydrogens (tertiary/aromatic N) is 1. The van der Waals surface area contributed by atoms with Crippen molar-refractivity contribution in [2.24, 2.45) is 5.92 Å². The summed E-state index contributed by atoms with van der Waals surface area (Å²) < 4.78 is 0. The highest BCUT2D eigenvalue weighted by Crippen LogP contribution is 2.27. The van der Waals surface area contributed by atoms with Crippen LogP contribution < -0.4 is 10.6 Å². The molecule has 0 aliphatic heterocycles. The molecule has 3 aromatic rings. The van der Waals surface area contributed by atoms with Gasteiger partial charge in [0.2, 0.25) is 5.91 Å². The average molecular weight is 408 g/mol. The van der Waals surface area contributed by atoms with E-state index in [9.17, 15) is 9.59 Å². The number of hydrogen-bond acceptors (Lipinski definition) is 3. The van der Waals surface area contributed by atoms with Crippen LogP contribution in [-0.2, 0) is 11.3 Å². The molecule has 158 valence electrons. The molecular formula is C23H29N5O2. The largest absolute Gasteiger partial charge is 0.357 e. The predicted molar refractivity (Wildman–Crippen MR) is 116 cm³/mol. The van der Waals surface area contributed by atoms with Gasteiger partial charge in [-0.15, -0.1) is 0 Å². The fourth-order valence-electron chi connectivity index (χ4n) is 4.30. The van der Waals surface area contributed by atoms with Crippen molar-refractivity contribution in [3.63, 3.8) is 0 Å². The van der Waals surface area contributed by atoms with Crippen molar-refractivity contribution in [3.8, 4) is 0 Å². The first-order chi connectivity index (χ1) is 14.6. The van der Waals surface area contributed by atoms with Gasteiger partial charge in [-0.05, 0) is 48.6 Å². The molecular weight excluding hydrogens is 378 g/mol. The van der Waals surface area contributed by atoms with Crippen LogP contribution >= 0.6 is 0 Å². The van der Waals surface area contributed by atoms with Crippen molar-refractivity contribution in [1.82, 2.24) is 25.6 Å². The van der Waals surface area contributed by atoms with Crippen LogP contribution in [0.1, 0.15) is 60.1 Å². The van der Waals surface area contributed by atoms with Gasteiger partial charge in [0.25, 0.3) is 5.91 Å². The van der Waals surface area contributed by atoms with Gasteiger partial charge in [-0.1, -0.05) is 32.1 Å². The van der Waals surface area contributed by atoms with Gasteiger partial charge in [0.05, 0.1) is 0 Å². The summed E-state index contributed by atoms with van der Waals surface area (Å²) in [4.78, 5) is 36.2. The van der Waals surface area contributed by atoms with Gasteiger partial charge in [-0.3, -0.25) is 9.59 Å². The van der Waals surface area contributed by atoms with E-state index in [0.717, 1.165) is 35.0 Å². The lowest BCUT2D eigenvalue weighted by molar-refractivity contribution is -0.123. The molecule has 3 heterocycles. The Bertz CT molecular complexity index is 1020. The third kappa shape index (κ3) is 4.72. The Hall–Kier alpha value is -3.09. The van der Waals surface area contributed by atoms with E-state index in [2.05, 4.69) is 25.6 Å². The van der Waals surface area contributed by atoms with Gasteiger partial charge in [0, 0.05) is 30.5 Å². The Kier molecular flexibility index (Phi) is 6.16. The Balaban J connectivity index is 1.43. The van der Waals surface area contributed by atoms with E-state index in [0.29, 0.717) is 24.6 Å². The second-order valence-electron chi connectivity index (χ2n) is 8.28. The number of rotatable bonds is 7. The second kappa shape index (κ2) is 9.15. The molecule has 1 atom stereocenters. The molecule has 30 heavy (non-hydrogen) atoms. The summed E-state index contributed by atoms with van der Waals surface area (Å²) in [5.41, 5.74) is 3.14. The van der Waals surface area contributed by atoms with Gasteiger partial charge >= 0.3 is 0 Å². The minimum Gasteiger partial charge on any atom is -0.357 e. The van der Waals surface area contributed by atoms with Crippen molar-refractivity contribution >= 4 is 22.8 Å². The first-order valence-electron chi connectivity index (χ1n) is 10.7. The summed E-state index contributed by atoms with van der Waals surface area (Å²) in [6.07, 6.45) is 11.9. The fraction of sp³-hybridized carbons (Fsp3) is 0.435. The highest BCUT2D eigenvalue weighted by atomic mass is 16.2. The lowest BCUT2D eigenvalue weighted by Gasteiger charge is -2.26. The summed E-state index contributed by atoms with van der Waals surface area (Å²) in [6, 6.07) is 5.27. The van der Waals surface area contributed by atoms with Crippen LogP contribution in [0.25, 0.3) is 11.0 Å². The first-order valence-corrected chi connectivity index (χ1v) is 10.7. The summed E-state index contributed by atoms with van der Waals surface area (Å²) in [5.74, 6) is 0.0913. The van der Waals surface area contributed by atoms with Crippen LogP contribution in [0.15, 0.2) is 36.8 Å². The maximum Gasteiger partial charge on any atom is 0.268 e. The van der Waals surface area contributed by atoms with Crippen molar-refractivity contribution in [3.05, 3.63) is 53.6 Å². The van der Waals surface area contributed by atoms with E-state index >= 15 is 0 Å². The van der Waals surface area contributed by atoms with Gasteiger partial charge in [0.1, 0.15) is 17.4 Å². The van der Waals surface area contributed by atoms with Crippen LogP contribution in [0, 0.1) is 12.8 Å². The number of aromatic nitrogens is 3. The number of carbonyl (C=O) groups is 2. The van der Waals surface area contributed by atoms with E-state index in [1.54, 1.807) is 12.4 Å². The molecule has 7 nitrogen and oxygen atoms in total. The summed E-state index contributed by atoms with van der Waals surface area (Å²) in [5, 5.41) is 6.97. The maximum atomic E-state index is 13.0. The van der Waals surface area contributed by atoms with Crippen molar-refractivity contribution < 1.29 is 9.59 Å². The van der Waals surface area contributed by atoms with Crippen molar-refractivity contribution in [2.45, 2.75) is 58.0 Å². The smallest absolute Gasteiger partial charge is 0.268 e. The number of H-pyrrole nitrogens is 2. The van der Waals surface area contributed by atoms with E-state index < -0.39 is 6.04 Å². The standard InChI is InChI=1S/C23H29N5O2/c1-15-7-9-24-20(15)23(30)28-19(12-16-5-3-2-4-6-16)22(29)27-14-17-11-18-8-10-25-21(18)26-13-17/h7-11,13,16,19,24H,2-6,12,14H2,1H3,(H,25,26)(H,27,29)(H,28,30)/t19-/m0/s1. The summed E-state index contributed by atoms with van der Waals surface area (Å²) >= 11 is 0. The maximum absolute atomic E-state index is 13.0. The molecule has 1 fully saturated rings. The SMILES string of the molecule is Cc1cc[nH]c1C(=O)N[C@@H](CC1CCCCC1)C(=O)NCc1cnc2[nH]ccc2c1. The van der Waals surface area contributed by atoms with Gasteiger partial charge in [-0.2, -0.15) is 0 Å². The summed E-state index contributed by atoms with van der Waals surface area (Å²) in [6.45, 7) is 2.26. The monoisotopic (exact) mass is 407 g/mol. The Morgan fingerprint density at radius 3 is 2.73 bits per heavy atom. The molecule has 7 heteroatoms. The minimum atomic E-state index is -0.549. The zero-order valence-electron chi connectivity index (χ0n) is 17.3. The number of carbonyl (C=O) groups excluding carboxylic acids is 2. The molecule has 3 aromatic heterocycles. The third-order valence-corrected chi connectivity index (χ3v) is 6.02. The molecule has 0 aromatic carbocycles. The quantitative estimate of drug-likeness (QED) is 0.481. The minimum absolute atomic E-state index is 0.146. The molecule has 4 rings (SSSR count). The zero-order chi connectivity index (χ0) is 20.9. The molecule has 4 N–H and O–H groups in total. The number of aromatic amines is 2. The second-order valence-corrected chi connectivity index (χ2v) is 8.28. The number of nitrogens with one attached hydrogen (secondary N) is 4. The molecule has 0 saturated heterocycles. The molecule has 2 amide bonds. The first kappa shape index (κ1) is 20.2. The van der Waals surface area contributed by atoms with Crippen LogP contribution in [0.2, 0.25) is 0 Å². The van der Waals surface area contributed by atoms with Gasteiger partial charge < -0.3 is 20.6 Å². The number of hydrogen-bond donors (Lipinski definition) is 4. The molecule has 0 unspecified atom stereocenters. The van der Waals surface area contributed by atoms with Crippen LogP contribution in [0.3, 0.4) is 0 Å². The Morgan fingerprint density at radius 2 is 1.97 bits per heavy atom. The lowest BCUT2D eigenvalue weighted by Crippen LogP contribution is -2.47. The molecule has 1 saturated carbocycles. The topological polar surface area (TPSA) is 103 Å². The van der Waals surface area contributed by atoms with Gasteiger partial charge in [0.15, 0.2) is 0 Å². The fourth-order valence-corrected chi connectivity index (χ4v) is 4.30. The van der Waals surface area contributed by atoms with Crippen molar-refractivity contribution in [1.29, 1.82) is 0 Å². The van der Waals surface area contributed by atoms with Gasteiger partial charge in [-0.25, -0.2) is 4.98 Å². The Morgan fingerprint density at radius 1 is 1.17 bits per heavy atom. The van der Waals surface area contributed by atoms with Crippen LogP contribution in [-0.4, -0.2) is 32.8 Å². The highest BCUT2D eigenvalue weighted by Gasteiger charge is 2.27. The van der Waals surface area contributed by atoms with Crippen molar-refractivity contribution in [2.75, 3.05) is 0 Å². The van der Waals surface area contributed by atoms with Crippen LogP contribution in [0.5, 0.6) is 0 Å². The van der Waals surface area contributed by atoms with E-state index in [-0.39, 0.29) is 11.8 Å². The number of amides is 2. The third-order valence-electron chi connectivity index (χ3n) is 6.02. The molecule has 0 radical (unpaired) electrons. The zero-order valence-corrected chi connectivity index (χ0v) is 17.3. The lowest BCUT2D eigenvalue weighted by atomic mass is 9.84. The normalized spacial score (nSPS) is 15.8.